The highest BCUT2D eigenvalue weighted by atomic mass is 19.1. The van der Waals surface area contributed by atoms with Crippen molar-refractivity contribution >= 4 is 11.6 Å². The van der Waals surface area contributed by atoms with E-state index < -0.39 is 11.2 Å². The van der Waals surface area contributed by atoms with E-state index in [1.807, 2.05) is 0 Å². The van der Waals surface area contributed by atoms with Gasteiger partial charge in [-0.25, -0.2) is 8.78 Å². The number of anilines is 1. The number of amides is 1. The number of halogens is 2. The summed E-state index contributed by atoms with van der Waals surface area (Å²) in [4.78, 5) is 12.9. The molecule has 2 aromatic carbocycles. The fourth-order valence-corrected chi connectivity index (χ4v) is 3.36. The predicted molar refractivity (Wildman–Crippen MR) is 86.3 cm³/mol. The third-order valence-corrected chi connectivity index (χ3v) is 4.66. The maximum Gasteiger partial charge on any atom is 0.235 e. The zero-order valence-electron chi connectivity index (χ0n) is 13.0. The van der Waals surface area contributed by atoms with E-state index in [4.69, 9.17) is 0 Å². The lowest BCUT2D eigenvalue weighted by atomic mass is 9.78. The van der Waals surface area contributed by atoms with Crippen molar-refractivity contribution in [1.82, 2.24) is 0 Å². The number of hydrogen-bond acceptors (Lipinski definition) is 1. The van der Waals surface area contributed by atoms with E-state index in [2.05, 4.69) is 5.32 Å². The van der Waals surface area contributed by atoms with E-state index in [0.717, 1.165) is 24.0 Å². The van der Waals surface area contributed by atoms with Crippen molar-refractivity contribution < 1.29 is 13.6 Å². The summed E-state index contributed by atoms with van der Waals surface area (Å²) in [5.74, 6) is -0.984. The quantitative estimate of drug-likeness (QED) is 0.872. The Bertz CT molecular complexity index is 719. The van der Waals surface area contributed by atoms with Crippen molar-refractivity contribution in [3.05, 3.63) is 65.2 Å². The van der Waals surface area contributed by atoms with Crippen molar-refractivity contribution in [3.63, 3.8) is 0 Å². The van der Waals surface area contributed by atoms with Gasteiger partial charge < -0.3 is 5.32 Å². The second-order valence-electron chi connectivity index (χ2n) is 6.23. The van der Waals surface area contributed by atoms with Crippen molar-refractivity contribution in [1.29, 1.82) is 0 Å². The van der Waals surface area contributed by atoms with Gasteiger partial charge in [0.1, 0.15) is 11.6 Å². The molecule has 0 atom stereocenters. The summed E-state index contributed by atoms with van der Waals surface area (Å²) in [5, 5.41) is 2.73. The summed E-state index contributed by atoms with van der Waals surface area (Å²) in [7, 11) is 0. The molecule has 1 fully saturated rings. The third kappa shape index (κ3) is 2.98. The van der Waals surface area contributed by atoms with Gasteiger partial charge in [0.15, 0.2) is 0 Å². The molecule has 0 aromatic heterocycles. The van der Waals surface area contributed by atoms with E-state index in [0.29, 0.717) is 12.8 Å². The largest absolute Gasteiger partial charge is 0.323 e. The molecule has 0 aliphatic heterocycles. The van der Waals surface area contributed by atoms with Crippen LogP contribution in [0.2, 0.25) is 0 Å². The molecule has 0 radical (unpaired) electrons. The lowest BCUT2D eigenvalue weighted by molar-refractivity contribution is -0.121. The fraction of sp³-hybridized carbons (Fsp3) is 0.316. The van der Waals surface area contributed by atoms with E-state index in [-0.39, 0.29) is 17.4 Å². The monoisotopic (exact) mass is 315 g/mol. The van der Waals surface area contributed by atoms with Crippen molar-refractivity contribution in [2.24, 2.45) is 0 Å². The highest BCUT2D eigenvalue weighted by Gasteiger charge is 2.42. The normalized spacial score (nSPS) is 16.3. The average Bonchev–Trinajstić information content (AvgIpc) is 3.01. The van der Waals surface area contributed by atoms with Gasteiger partial charge in [-0.15, -0.1) is 0 Å². The van der Waals surface area contributed by atoms with Crippen molar-refractivity contribution in [2.45, 2.75) is 38.0 Å². The van der Waals surface area contributed by atoms with Crippen LogP contribution < -0.4 is 5.32 Å². The molecule has 1 amide bonds. The Kier molecular flexibility index (Phi) is 4.16. The van der Waals surface area contributed by atoms with Gasteiger partial charge >= 0.3 is 0 Å². The first-order valence-corrected chi connectivity index (χ1v) is 7.85. The molecule has 1 aliphatic carbocycles. The van der Waals surface area contributed by atoms with E-state index in [1.165, 1.54) is 18.2 Å². The zero-order chi connectivity index (χ0) is 16.4. The van der Waals surface area contributed by atoms with Crippen LogP contribution in [0, 0.1) is 18.6 Å². The molecule has 0 unspecified atom stereocenters. The molecule has 1 N–H and O–H groups in total. The van der Waals surface area contributed by atoms with E-state index in [9.17, 15) is 13.6 Å². The number of nitrogens with one attached hydrogen (secondary N) is 1. The maximum absolute atomic E-state index is 14.0. The van der Waals surface area contributed by atoms with Crippen LogP contribution in [-0.4, -0.2) is 5.91 Å². The molecular weight excluding hydrogens is 296 g/mol. The van der Waals surface area contributed by atoms with Gasteiger partial charge in [0, 0.05) is 0 Å². The van der Waals surface area contributed by atoms with Crippen LogP contribution in [-0.2, 0) is 10.2 Å². The molecule has 4 heteroatoms. The van der Waals surface area contributed by atoms with E-state index >= 15 is 0 Å². The van der Waals surface area contributed by atoms with Gasteiger partial charge in [0.2, 0.25) is 5.91 Å². The molecule has 1 aliphatic rings. The number of benzene rings is 2. The number of carbonyl (C=O) groups excluding carboxylic acids is 1. The van der Waals surface area contributed by atoms with Crippen LogP contribution in [0.3, 0.4) is 0 Å². The maximum atomic E-state index is 14.0. The van der Waals surface area contributed by atoms with Gasteiger partial charge in [-0.1, -0.05) is 31.0 Å². The number of aryl methyl sites for hydroxylation is 1. The fourth-order valence-electron chi connectivity index (χ4n) is 3.36. The second kappa shape index (κ2) is 6.11. The minimum absolute atomic E-state index is 0.189. The molecule has 0 bridgehead atoms. The zero-order valence-corrected chi connectivity index (χ0v) is 13.0. The Morgan fingerprint density at radius 1 is 1.04 bits per heavy atom. The highest BCUT2D eigenvalue weighted by molar-refractivity contribution is 5.99. The second-order valence-corrected chi connectivity index (χ2v) is 6.23. The smallest absolute Gasteiger partial charge is 0.235 e. The minimum Gasteiger partial charge on any atom is -0.323 e. The van der Waals surface area contributed by atoms with Crippen molar-refractivity contribution in [3.8, 4) is 0 Å². The molecular formula is C19H19F2NO. The first-order chi connectivity index (χ1) is 11.0. The number of carbonyl (C=O) groups is 1. The van der Waals surface area contributed by atoms with Crippen LogP contribution in [0.1, 0.15) is 36.8 Å². The number of hydrogen-bond donors (Lipinski definition) is 1. The highest BCUT2D eigenvalue weighted by Crippen LogP contribution is 2.42. The molecule has 120 valence electrons. The first kappa shape index (κ1) is 15.7. The molecule has 3 rings (SSSR count). The van der Waals surface area contributed by atoms with Gasteiger partial charge in [-0.3, -0.25) is 4.79 Å². The molecule has 0 saturated heterocycles. The molecule has 2 nitrogen and oxygen atoms in total. The molecule has 23 heavy (non-hydrogen) atoms. The SMILES string of the molecule is Cc1ccc(NC(=O)C2(c3ccc(F)cc3)CCCC2)c(F)c1. The summed E-state index contributed by atoms with van der Waals surface area (Å²) < 4.78 is 27.2. The van der Waals surface area contributed by atoms with Crippen LogP contribution >= 0.6 is 0 Å². The summed E-state index contributed by atoms with van der Waals surface area (Å²) in [6.45, 7) is 1.80. The summed E-state index contributed by atoms with van der Waals surface area (Å²) in [6.07, 6.45) is 3.25. The summed E-state index contributed by atoms with van der Waals surface area (Å²) in [6, 6.07) is 10.8. The lowest BCUT2D eigenvalue weighted by Crippen LogP contribution is -2.38. The lowest BCUT2D eigenvalue weighted by Gasteiger charge is -2.28. The third-order valence-electron chi connectivity index (χ3n) is 4.66. The predicted octanol–water partition coefficient (Wildman–Crippen LogP) is 4.72. The van der Waals surface area contributed by atoms with Gasteiger partial charge in [-0.2, -0.15) is 0 Å². The average molecular weight is 315 g/mol. The summed E-state index contributed by atoms with van der Waals surface area (Å²) >= 11 is 0. The van der Waals surface area contributed by atoms with Gasteiger partial charge in [0.25, 0.3) is 0 Å². The van der Waals surface area contributed by atoms with Crippen molar-refractivity contribution in [2.75, 3.05) is 5.32 Å². The van der Waals surface area contributed by atoms with Gasteiger partial charge in [-0.05, 0) is 55.2 Å². The van der Waals surface area contributed by atoms with Crippen LogP contribution in [0.5, 0.6) is 0 Å². The Morgan fingerprint density at radius 2 is 1.70 bits per heavy atom. The summed E-state index contributed by atoms with van der Waals surface area (Å²) in [5.41, 5.74) is 1.08. The Hall–Kier alpha value is -2.23. The minimum atomic E-state index is -0.703. The Labute approximate surface area is 134 Å². The standard InChI is InChI=1S/C19H19F2NO/c1-13-4-9-17(16(21)12-13)22-18(23)19(10-2-3-11-19)14-5-7-15(20)8-6-14/h4-9,12H,2-3,10-11H2,1H3,(H,22,23). The molecule has 0 heterocycles. The van der Waals surface area contributed by atoms with Crippen LogP contribution in [0.25, 0.3) is 0 Å². The van der Waals surface area contributed by atoms with E-state index in [1.54, 1.807) is 31.2 Å². The molecule has 2 aromatic rings. The Balaban J connectivity index is 1.91. The van der Waals surface area contributed by atoms with Crippen LogP contribution in [0.15, 0.2) is 42.5 Å². The Morgan fingerprint density at radius 3 is 2.30 bits per heavy atom. The number of rotatable bonds is 3. The van der Waals surface area contributed by atoms with Crippen LogP contribution in [0.4, 0.5) is 14.5 Å². The molecule has 0 spiro atoms. The molecule has 1 saturated carbocycles. The topological polar surface area (TPSA) is 29.1 Å². The first-order valence-electron chi connectivity index (χ1n) is 7.85. The van der Waals surface area contributed by atoms with Gasteiger partial charge in [0.05, 0.1) is 11.1 Å².